The van der Waals surface area contributed by atoms with Gasteiger partial charge in [0.05, 0.1) is 31.3 Å². The third-order valence-electron chi connectivity index (χ3n) is 3.61. The van der Waals surface area contributed by atoms with E-state index in [4.69, 9.17) is 5.26 Å². The Morgan fingerprint density at radius 2 is 2.14 bits per heavy atom. The Hall–Kier alpha value is -2.17. The number of amides is 1. The van der Waals surface area contributed by atoms with Gasteiger partial charge in [-0.25, -0.2) is 0 Å². The summed E-state index contributed by atoms with van der Waals surface area (Å²) in [4.78, 5) is 13.8. The zero-order chi connectivity index (χ0) is 15.7. The smallest absolute Gasteiger partial charge is 0.272 e. The molecule has 2 heterocycles. The van der Waals surface area contributed by atoms with Crippen LogP contribution in [0, 0.1) is 11.3 Å². The molecule has 2 N–H and O–H groups in total. The van der Waals surface area contributed by atoms with E-state index in [2.05, 4.69) is 26.1 Å². The van der Waals surface area contributed by atoms with Crippen LogP contribution in [-0.4, -0.2) is 44.8 Å². The number of hydrogen-bond acceptors (Lipinski definition) is 4. The molecule has 0 bridgehead atoms. The number of H-pyrrole nitrogens is 1. The summed E-state index contributed by atoms with van der Waals surface area (Å²) in [5.74, 6) is -0.224. The molecular formula is C15H13BrN4O2. The number of aromatic nitrogens is 2. The van der Waals surface area contributed by atoms with Gasteiger partial charge in [-0.3, -0.25) is 9.89 Å². The molecule has 1 aromatic carbocycles. The van der Waals surface area contributed by atoms with Crippen molar-refractivity contribution in [2.75, 3.05) is 13.1 Å². The SMILES string of the molecule is N#CCC1(O)CN(C(=O)c2cc(-c3ccc(Br)cc3)n[nH]2)C1. The van der Waals surface area contributed by atoms with Gasteiger partial charge < -0.3 is 10.0 Å². The second kappa shape index (κ2) is 5.55. The van der Waals surface area contributed by atoms with Gasteiger partial charge in [0, 0.05) is 10.0 Å². The maximum absolute atomic E-state index is 12.3. The minimum absolute atomic E-state index is 0.0316. The molecule has 0 atom stereocenters. The lowest BCUT2D eigenvalue weighted by Crippen LogP contribution is -2.63. The molecule has 22 heavy (non-hydrogen) atoms. The van der Waals surface area contributed by atoms with Crippen molar-refractivity contribution >= 4 is 21.8 Å². The van der Waals surface area contributed by atoms with Crippen LogP contribution in [0.2, 0.25) is 0 Å². The largest absolute Gasteiger partial charge is 0.385 e. The van der Waals surface area contributed by atoms with Gasteiger partial charge in [0.1, 0.15) is 11.3 Å². The van der Waals surface area contributed by atoms with Crippen LogP contribution < -0.4 is 0 Å². The molecule has 1 aromatic heterocycles. The first-order chi connectivity index (χ1) is 10.5. The van der Waals surface area contributed by atoms with E-state index < -0.39 is 5.60 Å². The maximum atomic E-state index is 12.3. The Morgan fingerprint density at radius 1 is 1.45 bits per heavy atom. The molecular weight excluding hydrogens is 348 g/mol. The second-order valence-corrected chi connectivity index (χ2v) is 6.31. The minimum Gasteiger partial charge on any atom is -0.385 e. The molecule has 0 unspecified atom stereocenters. The first-order valence-electron chi connectivity index (χ1n) is 6.71. The van der Waals surface area contributed by atoms with E-state index in [9.17, 15) is 9.90 Å². The first-order valence-corrected chi connectivity index (χ1v) is 7.50. The van der Waals surface area contributed by atoms with Crippen molar-refractivity contribution in [3.63, 3.8) is 0 Å². The van der Waals surface area contributed by atoms with E-state index in [1.54, 1.807) is 6.07 Å². The number of nitrogens with one attached hydrogen (secondary N) is 1. The molecule has 6 nitrogen and oxygen atoms in total. The summed E-state index contributed by atoms with van der Waals surface area (Å²) in [6.07, 6.45) is 0.0316. The van der Waals surface area contributed by atoms with Gasteiger partial charge >= 0.3 is 0 Å². The Balaban J connectivity index is 1.71. The molecule has 1 amide bonds. The highest BCUT2D eigenvalue weighted by atomic mass is 79.9. The number of nitriles is 1. The molecule has 0 spiro atoms. The zero-order valence-electron chi connectivity index (χ0n) is 11.6. The minimum atomic E-state index is -1.07. The number of carbonyl (C=O) groups is 1. The molecule has 112 valence electrons. The van der Waals surface area contributed by atoms with Crippen LogP contribution in [-0.2, 0) is 0 Å². The van der Waals surface area contributed by atoms with Crippen LogP contribution in [0.1, 0.15) is 16.9 Å². The van der Waals surface area contributed by atoms with E-state index in [0.717, 1.165) is 10.0 Å². The Kier molecular flexibility index (Phi) is 3.72. The standard InChI is InChI=1S/C15H13BrN4O2/c16-11-3-1-10(2-4-11)12-7-13(19-18-12)14(21)20-8-15(22,9-20)5-6-17/h1-4,7,22H,5,8-9H2,(H,18,19). The fourth-order valence-corrected chi connectivity index (χ4v) is 2.70. The van der Waals surface area contributed by atoms with Gasteiger partial charge in [-0.05, 0) is 18.2 Å². The summed E-state index contributed by atoms with van der Waals surface area (Å²) in [6.45, 7) is 0.345. The van der Waals surface area contributed by atoms with Crippen molar-refractivity contribution in [2.24, 2.45) is 0 Å². The van der Waals surface area contributed by atoms with Crippen molar-refractivity contribution in [1.82, 2.24) is 15.1 Å². The predicted octanol–water partition coefficient (Wildman–Crippen LogP) is 1.94. The number of rotatable bonds is 3. The molecule has 1 saturated heterocycles. The maximum Gasteiger partial charge on any atom is 0.272 e. The van der Waals surface area contributed by atoms with Crippen molar-refractivity contribution in [3.05, 3.63) is 40.5 Å². The van der Waals surface area contributed by atoms with E-state index in [1.165, 1.54) is 4.90 Å². The summed E-state index contributed by atoms with van der Waals surface area (Å²) < 4.78 is 0.973. The van der Waals surface area contributed by atoms with Crippen molar-refractivity contribution in [3.8, 4) is 17.3 Å². The Morgan fingerprint density at radius 3 is 2.77 bits per heavy atom. The highest BCUT2D eigenvalue weighted by Crippen LogP contribution is 2.26. The van der Waals surface area contributed by atoms with Crippen molar-refractivity contribution in [2.45, 2.75) is 12.0 Å². The molecule has 7 heteroatoms. The van der Waals surface area contributed by atoms with Gasteiger partial charge in [0.25, 0.3) is 5.91 Å². The fraction of sp³-hybridized carbons (Fsp3) is 0.267. The number of aliphatic hydroxyl groups is 1. The van der Waals surface area contributed by atoms with E-state index in [0.29, 0.717) is 11.4 Å². The summed E-state index contributed by atoms with van der Waals surface area (Å²) in [5.41, 5.74) is 0.891. The van der Waals surface area contributed by atoms with Gasteiger partial charge in [0.2, 0.25) is 0 Å². The van der Waals surface area contributed by atoms with Crippen LogP contribution in [0.3, 0.4) is 0 Å². The van der Waals surface area contributed by atoms with Crippen LogP contribution in [0.5, 0.6) is 0 Å². The lowest BCUT2D eigenvalue weighted by atomic mass is 9.91. The third-order valence-corrected chi connectivity index (χ3v) is 4.14. The summed E-state index contributed by atoms with van der Waals surface area (Å²) in [7, 11) is 0. The van der Waals surface area contributed by atoms with Crippen LogP contribution in [0.15, 0.2) is 34.8 Å². The third kappa shape index (κ3) is 2.75. The molecule has 1 fully saturated rings. The average Bonchev–Trinajstić information content (AvgIpc) is 2.94. The zero-order valence-corrected chi connectivity index (χ0v) is 13.2. The van der Waals surface area contributed by atoms with Gasteiger partial charge in [0.15, 0.2) is 0 Å². The van der Waals surface area contributed by atoms with Crippen molar-refractivity contribution < 1.29 is 9.90 Å². The molecule has 3 rings (SSSR count). The molecule has 0 saturated carbocycles. The van der Waals surface area contributed by atoms with E-state index >= 15 is 0 Å². The lowest BCUT2D eigenvalue weighted by molar-refractivity contribution is -0.0772. The molecule has 2 aromatic rings. The number of nitrogens with zero attached hydrogens (tertiary/aromatic N) is 3. The number of aromatic amines is 1. The fourth-order valence-electron chi connectivity index (χ4n) is 2.44. The monoisotopic (exact) mass is 360 g/mol. The van der Waals surface area contributed by atoms with Crippen LogP contribution >= 0.6 is 15.9 Å². The molecule has 0 radical (unpaired) electrons. The molecule has 1 aliphatic heterocycles. The Labute approximate surface area is 135 Å². The number of likely N-dealkylation sites (tertiary alicyclic amines) is 1. The Bertz CT molecular complexity index is 742. The topological polar surface area (TPSA) is 93.0 Å². The number of halogens is 1. The number of hydrogen-bond donors (Lipinski definition) is 2. The quantitative estimate of drug-likeness (QED) is 0.874. The molecule has 1 aliphatic rings. The predicted molar refractivity (Wildman–Crippen MR) is 82.8 cm³/mol. The van der Waals surface area contributed by atoms with E-state index in [-0.39, 0.29) is 25.4 Å². The van der Waals surface area contributed by atoms with Gasteiger partial charge in [-0.2, -0.15) is 10.4 Å². The van der Waals surface area contributed by atoms with Gasteiger partial charge in [-0.1, -0.05) is 28.1 Å². The summed E-state index contributed by atoms with van der Waals surface area (Å²) in [6, 6.07) is 11.2. The highest BCUT2D eigenvalue weighted by Gasteiger charge is 2.44. The number of β-amino-alcohol motifs (C(OH)–C–C–N with tert-alkyl or cyclic N) is 1. The number of benzene rings is 1. The van der Waals surface area contributed by atoms with Crippen LogP contribution in [0.4, 0.5) is 0 Å². The lowest BCUT2D eigenvalue weighted by Gasteiger charge is -2.44. The second-order valence-electron chi connectivity index (χ2n) is 5.39. The van der Waals surface area contributed by atoms with E-state index in [1.807, 2.05) is 30.3 Å². The van der Waals surface area contributed by atoms with Gasteiger partial charge in [-0.15, -0.1) is 0 Å². The summed E-state index contributed by atoms with van der Waals surface area (Å²) in [5, 5.41) is 25.4. The molecule has 0 aliphatic carbocycles. The summed E-state index contributed by atoms with van der Waals surface area (Å²) >= 11 is 3.37. The number of carbonyl (C=O) groups excluding carboxylic acids is 1. The average molecular weight is 361 g/mol. The van der Waals surface area contributed by atoms with Crippen molar-refractivity contribution in [1.29, 1.82) is 5.26 Å². The first kappa shape index (κ1) is 14.8. The van der Waals surface area contributed by atoms with Crippen LogP contribution in [0.25, 0.3) is 11.3 Å². The highest BCUT2D eigenvalue weighted by molar-refractivity contribution is 9.10. The normalized spacial score (nSPS) is 16.0.